The molecule has 1 heterocycles. The van der Waals surface area contributed by atoms with Crippen LogP contribution >= 0.6 is 0 Å². The van der Waals surface area contributed by atoms with Crippen LogP contribution in [0.1, 0.15) is 49.4 Å². The average Bonchev–Trinajstić information content (AvgIpc) is 3.33. The first-order valence-electron chi connectivity index (χ1n) is 7.95. The lowest BCUT2D eigenvalue weighted by atomic mass is 10.0. The van der Waals surface area contributed by atoms with E-state index >= 15 is 0 Å². The van der Waals surface area contributed by atoms with Crippen molar-refractivity contribution < 1.29 is 0 Å². The molecule has 0 saturated heterocycles. The summed E-state index contributed by atoms with van der Waals surface area (Å²) in [5, 5.41) is 0. The van der Waals surface area contributed by atoms with Crippen LogP contribution in [-0.4, -0.2) is 15.9 Å². The van der Waals surface area contributed by atoms with Gasteiger partial charge in [-0.25, -0.2) is 0 Å². The summed E-state index contributed by atoms with van der Waals surface area (Å²) in [5.41, 5.74) is 3.99. The maximum atomic E-state index is 4.47. The number of benzene rings is 1. The molecule has 110 valence electrons. The van der Waals surface area contributed by atoms with Gasteiger partial charge in [0.1, 0.15) is 0 Å². The summed E-state index contributed by atoms with van der Waals surface area (Å²) in [4.78, 5) is 7.03. The van der Waals surface area contributed by atoms with Crippen LogP contribution in [0.5, 0.6) is 0 Å². The Kier molecular flexibility index (Phi) is 4.35. The second kappa shape index (κ2) is 6.40. The molecule has 0 spiro atoms. The molecule has 0 radical (unpaired) electrons. The molecule has 2 nitrogen and oxygen atoms in total. The van der Waals surface area contributed by atoms with Crippen LogP contribution in [0.15, 0.2) is 48.7 Å². The predicted molar refractivity (Wildman–Crippen MR) is 87.0 cm³/mol. The zero-order valence-corrected chi connectivity index (χ0v) is 13.0. The molecule has 0 amide bonds. The largest absolute Gasteiger partial charge is 0.290 e. The third-order valence-corrected chi connectivity index (χ3v) is 4.19. The molecule has 21 heavy (non-hydrogen) atoms. The van der Waals surface area contributed by atoms with Gasteiger partial charge in [-0.15, -0.1) is 0 Å². The zero-order valence-electron chi connectivity index (χ0n) is 13.0. The molecule has 0 bridgehead atoms. The van der Waals surface area contributed by atoms with E-state index in [1.807, 2.05) is 12.3 Å². The lowest BCUT2D eigenvalue weighted by molar-refractivity contribution is 0.243. The normalized spacial score (nSPS) is 14.9. The fourth-order valence-electron chi connectivity index (χ4n) is 2.70. The van der Waals surface area contributed by atoms with Gasteiger partial charge in [-0.05, 0) is 42.0 Å². The highest BCUT2D eigenvalue weighted by atomic mass is 15.2. The van der Waals surface area contributed by atoms with Crippen LogP contribution in [0.2, 0.25) is 0 Å². The maximum Gasteiger partial charge on any atom is 0.0544 e. The van der Waals surface area contributed by atoms with Gasteiger partial charge < -0.3 is 0 Å². The molecule has 1 fully saturated rings. The Morgan fingerprint density at radius 1 is 1.05 bits per heavy atom. The van der Waals surface area contributed by atoms with E-state index in [2.05, 4.69) is 60.1 Å². The Morgan fingerprint density at radius 3 is 2.38 bits per heavy atom. The zero-order chi connectivity index (χ0) is 14.7. The molecule has 0 unspecified atom stereocenters. The molecule has 1 saturated carbocycles. The third kappa shape index (κ3) is 3.92. The van der Waals surface area contributed by atoms with Gasteiger partial charge in [-0.1, -0.05) is 44.2 Å². The maximum absolute atomic E-state index is 4.47. The number of nitrogens with zero attached hydrogens (tertiary/aromatic N) is 2. The first kappa shape index (κ1) is 14.3. The SMILES string of the molecule is CC(C)c1ccc(CN(Cc2ccccn2)C2CC2)cc1. The number of pyridine rings is 1. The minimum Gasteiger partial charge on any atom is -0.290 e. The third-order valence-electron chi connectivity index (χ3n) is 4.19. The predicted octanol–water partition coefficient (Wildman–Crippen LogP) is 4.37. The van der Waals surface area contributed by atoms with Crippen molar-refractivity contribution in [3.8, 4) is 0 Å². The van der Waals surface area contributed by atoms with Gasteiger partial charge in [0.2, 0.25) is 0 Å². The summed E-state index contributed by atoms with van der Waals surface area (Å²) in [6.45, 7) is 6.47. The highest BCUT2D eigenvalue weighted by Crippen LogP contribution is 2.29. The number of hydrogen-bond acceptors (Lipinski definition) is 2. The highest BCUT2D eigenvalue weighted by molar-refractivity contribution is 5.25. The number of hydrogen-bond donors (Lipinski definition) is 0. The molecule has 2 aromatic rings. The van der Waals surface area contributed by atoms with E-state index in [4.69, 9.17) is 0 Å². The molecule has 1 aromatic carbocycles. The monoisotopic (exact) mass is 280 g/mol. The van der Waals surface area contributed by atoms with Crippen LogP contribution in [-0.2, 0) is 13.1 Å². The van der Waals surface area contributed by atoms with Crippen molar-refractivity contribution in [1.82, 2.24) is 9.88 Å². The molecule has 3 rings (SSSR count). The molecule has 1 aliphatic rings. The summed E-state index contributed by atoms with van der Waals surface area (Å²) >= 11 is 0. The lowest BCUT2D eigenvalue weighted by Crippen LogP contribution is -2.25. The molecular weight excluding hydrogens is 256 g/mol. The summed E-state index contributed by atoms with van der Waals surface area (Å²) in [6.07, 6.45) is 4.55. The lowest BCUT2D eigenvalue weighted by Gasteiger charge is -2.22. The summed E-state index contributed by atoms with van der Waals surface area (Å²) < 4.78 is 0. The Bertz CT molecular complexity index is 556. The van der Waals surface area contributed by atoms with E-state index in [-0.39, 0.29) is 0 Å². The fraction of sp³-hybridized carbons (Fsp3) is 0.421. The van der Waals surface area contributed by atoms with Crippen LogP contribution in [0.25, 0.3) is 0 Å². The van der Waals surface area contributed by atoms with Crippen molar-refractivity contribution in [2.75, 3.05) is 0 Å². The van der Waals surface area contributed by atoms with E-state index in [1.165, 1.54) is 29.7 Å². The van der Waals surface area contributed by atoms with E-state index < -0.39 is 0 Å². The first-order chi connectivity index (χ1) is 10.2. The Labute approximate surface area is 127 Å². The number of aromatic nitrogens is 1. The van der Waals surface area contributed by atoms with E-state index in [0.717, 1.165) is 19.1 Å². The molecule has 1 aromatic heterocycles. The highest BCUT2D eigenvalue weighted by Gasteiger charge is 2.29. The van der Waals surface area contributed by atoms with Crippen LogP contribution < -0.4 is 0 Å². The van der Waals surface area contributed by atoms with Gasteiger partial charge in [-0.3, -0.25) is 9.88 Å². The van der Waals surface area contributed by atoms with Crippen LogP contribution in [0.3, 0.4) is 0 Å². The second-order valence-electron chi connectivity index (χ2n) is 6.35. The molecular formula is C19H24N2. The van der Waals surface area contributed by atoms with Crippen molar-refractivity contribution in [2.24, 2.45) is 0 Å². The quantitative estimate of drug-likeness (QED) is 0.781. The van der Waals surface area contributed by atoms with E-state index in [9.17, 15) is 0 Å². The number of rotatable bonds is 6. The fourth-order valence-corrected chi connectivity index (χ4v) is 2.70. The van der Waals surface area contributed by atoms with Crippen molar-refractivity contribution in [2.45, 2.75) is 51.7 Å². The molecule has 0 N–H and O–H groups in total. The Morgan fingerprint density at radius 2 is 1.81 bits per heavy atom. The molecule has 0 atom stereocenters. The van der Waals surface area contributed by atoms with Gasteiger partial charge >= 0.3 is 0 Å². The summed E-state index contributed by atoms with van der Waals surface area (Å²) in [6, 6.07) is 16.0. The molecule has 2 heteroatoms. The molecule has 0 aliphatic heterocycles. The van der Waals surface area contributed by atoms with Gasteiger partial charge in [-0.2, -0.15) is 0 Å². The van der Waals surface area contributed by atoms with Gasteiger partial charge in [0.05, 0.1) is 5.69 Å². The minimum atomic E-state index is 0.604. The van der Waals surface area contributed by atoms with Crippen molar-refractivity contribution in [1.29, 1.82) is 0 Å². The standard InChI is InChI=1S/C19H24N2/c1-15(2)17-8-6-16(7-9-17)13-21(19-10-11-19)14-18-5-3-4-12-20-18/h3-9,12,15,19H,10-11,13-14H2,1-2H3. The van der Waals surface area contributed by atoms with Gasteiger partial charge in [0, 0.05) is 25.3 Å². The second-order valence-corrected chi connectivity index (χ2v) is 6.35. The molecule has 1 aliphatic carbocycles. The first-order valence-corrected chi connectivity index (χ1v) is 7.95. The van der Waals surface area contributed by atoms with E-state index in [1.54, 1.807) is 0 Å². The topological polar surface area (TPSA) is 16.1 Å². The van der Waals surface area contributed by atoms with Gasteiger partial charge in [0.15, 0.2) is 0 Å². The Hall–Kier alpha value is -1.67. The van der Waals surface area contributed by atoms with Crippen LogP contribution in [0, 0.1) is 0 Å². The minimum absolute atomic E-state index is 0.604. The Balaban J connectivity index is 1.67. The smallest absolute Gasteiger partial charge is 0.0544 e. The van der Waals surface area contributed by atoms with Crippen molar-refractivity contribution in [3.05, 3.63) is 65.5 Å². The van der Waals surface area contributed by atoms with E-state index in [0.29, 0.717) is 5.92 Å². The summed E-state index contributed by atoms with van der Waals surface area (Å²) in [5.74, 6) is 0.604. The van der Waals surface area contributed by atoms with Crippen molar-refractivity contribution >= 4 is 0 Å². The average molecular weight is 280 g/mol. The van der Waals surface area contributed by atoms with Gasteiger partial charge in [0.25, 0.3) is 0 Å². The van der Waals surface area contributed by atoms with Crippen molar-refractivity contribution in [3.63, 3.8) is 0 Å². The van der Waals surface area contributed by atoms with Crippen LogP contribution in [0.4, 0.5) is 0 Å². The summed E-state index contributed by atoms with van der Waals surface area (Å²) in [7, 11) is 0.